The van der Waals surface area contributed by atoms with Crippen molar-refractivity contribution in [1.29, 1.82) is 0 Å². The van der Waals surface area contributed by atoms with Crippen molar-refractivity contribution >= 4 is 50.7 Å². The fraction of sp³-hybridized carbons (Fsp3) is 0.0400. The molecule has 0 saturated heterocycles. The number of benzene rings is 4. The van der Waals surface area contributed by atoms with Crippen LogP contribution >= 0.6 is 34.8 Å². The van der Waals surface area contributed by atoms with Crippen molar-refractivity contribution in [3.05, 3.63) is 124 Å². The van der Waals surface area contributed by atoms with E-state index in [9.17, 15) is 0 Å². The second kappa shape index (κ2) is 8.62. The van der Waals surface area contributed by atoms with Crippen molar-refractivity contribution in [3.8, 4) is 0 Å². The van der Waals surface area contributed by atoms with Gasteiger partial charge in [0, 0.05) is 0 Å². The molecule has 0 heterocycles. The molecule has 0 fully saturated rings. The van der Waals surface area contributed by atoms with Crippen LogP contribution in [-0.2, 0) is 6.16 Å². The van der Waals surface area contributed by atoms with Crippen molar-refractivity contribution < 1.29 is 0 Å². The quantitative estimate of drug-likeness (QED) is 0.301. The molecule has 28 heavy (non-hydrogen) atoms. The molecule has 0 bridgehead atoms. The second-order valence-corrected chi connectivity index (χ2v) is 12.1. The Morgan fingerprint density at radius 3 is 1.43 bits per heavy atom. The van der Waals surface area contributed by atoms with E-state index in [1.807, 2.05) is 6.07 Å². The van der Waals surface area contributed by atoms with Gasteiger partial charge in [-0.2, -0.15) is 0 Å². The van der Waals surface area contributed by atoms with Gasteiger partial charge in [0.1, 0.15) is 0 Å². The van der Waals surface area contributed by atoms with Crippen molar-refractivity contribution in [2.75, 3.05) is 0 Å². The summed E-state index contributed by atoms with van der Waals surface area (Å²) in [5.74, 6) is 0. The van der Waals surface area contributed by atoms with Crippen LogP contribution in [0.4, 0.5) is 0 Å². The van der Waals surface area contributed by atoms with Gasteiger partial charge in [-0.1, -0.05) is 0 Å². The molecule has 140 valence electrons. The zero-order chi connectivity index (χ0) is 19.4. The van der Waals surface area contributed by atoms with Crippen LogP contribution in [0.3, 0.4) is 0 Å². The molecule has 4 aromatic rings. The predicted molar refractivity (Wildman–Crippen MR) is 129 cm³/mol. The SMILES string of the molecule is Clc1cc(Br)ccc1C[PH](c1ccccc1)(c1ccccc1)c1ccccc1. The summed E-state index contributed by atoms with van der Waals surface area (Å²) in [4.78, 5) is 0. The molecule has 0 unspecified atom stereocenters. The third kappa shape index (κ3) is 3.80. The van der Waals surface area contributed by atoms with E-state index in [4.69, 9.17) is 11.6 Å². The zero-order valence-corrected chi connectivity index (χ0v) is 18.7. The molecule has 3 heteroatoms. The molecular weight excluding hydrogens is 447 g/mol. The molecule has 0 spiro atoms. The summed E-state index contributed by atoms with van der Waals surface area (Å²) >= 11 is 10.2. The van der Waals surface area contributed by atoms with Gasteiger partial charge in [-0.3, -0.25) is 0 Å². The van der Waals surface area contributed by atoms with E-state index in [0.717, 1.165) is 15.7 Å². The van der Waals surface area contributed by atoms with Crippen LogP contribution in [0.25, 0.3) is 0 Å². The minimum atomic E-state index is -2.31. The Balaban J connectivity index is 2.01. The summed E-state index contributed by atoms with van der Waals surface area (Å²) in [7, 11) is -2.31. The van der Waals surface area contributed by atoms with Gasteiger partial charge in [-0.05, 0) is 0 Å². The Hall–Kier alpha value is -1.92. The van der Waals surface area contributed by atoms with E-state index in [2.05, 4.69) is 119 Å². The van der Waals surface area contributed by atoms with Gasteiger partial charge >= 0.3 is 181 Å². The van der Waals surface area contributed by atoms with Gasteiger partial charge < -0.3 is 0 Å². The first-order valence-electron chi connectivity index (χ1n) is 9.31. The Kier molecular flexibility index (Phi) is 5.97. The van der Waals surface area contributed by atoms with Gasteiger partial charge in [0.25, 0.3) is 0 Å². The summed E-state index contributed by atoms with van der Waals surface area (Å²) in [5.41, 5.74) is 1.19. The predicted octanol–water partition coefficient (Wildman–Crippen LogP) is 6.33. The molecule has 0 aliphatic heterocycles. The molecule has 0 radical (unpaired) electrons. The molecular formula is C25H21BrClP. The standard InChI is InChI=1S/C25H21BrClP/c26-21-17-16-20(25(27)18-21)19-28(22-10-4-1-5-11-22,23-12-6-2-7-13-23)24-14-8-3-9-15-24/h1-18,28H,19H2. The van der Waals surface area contributed by atoms with E-state index in [1.54, 1.807) is 0 Å². The molecule has 0 aliphatic carbocycles. The fourth-order valence-electron chi connectivity index (χ4n) is 3.92. The summed E-state index contributed by atoms with van der Waals surface area (Å²) in [6.45, 7) is 0. The normalized spacial score (nSPS) is 11.9. The van der Waals surface area contributed by atoms with E-state index in [0.29, 0.717) is 0 Å². The molecule has 0 saturated carbocycles. The summed E-state index contributed by atoms with van der Waals surface area (Å²) in [6, 6.07) is 39.0. The summed E-state index contributed by atoms with van der Waals surface area (Å²) in [5, 5.41) is 5.00. The van der Waals surface area contributed by atoms with Gasteiger partial charge in [0.05, 0.1) is 0 Å². The van der Waals surface area contributed by atoms with Gasteiger partial charge in [0.2, 0.25) is 0 Å². The van der Waals surface area contributed by atoms with Crippen LogP contribution in [0.15, 0.2) is 114 Å². The minimum absolute atomic E-state index is 0.814. The Morgan fingerprint density at radius 1 is 0.607 bits per heavy atom. The van der Waals surface area contributed by atoms with Crippen molar-refractivity contribution in [2.45, 2.75) is 6.16 Å². The third-order valence-electron chi connectivity index (χ3n) is 5.27. The Labute approximate surface area is 180 Å². The van der Waals surface area contributed by atoms with Gasteiger partial charge in [-0.15, -0.1) is 0 Å². The molecule has 0 aliphatic rings. The van der Waals surface area contributed by atoms with Crippen molar-refractivity contribution in [3.63, 3.8) is 0 Å². The second-order valence-electron chi connectivity index (χ2n) is 6.92. The number of hydrogen-bond donors (Lipinski definition) is 0. The average Bonchev–Trinajstić information content (AvgIpc) is 2.75. The first kappa shape index (κ1) is 19.4. The Morgan fingerprint density at radius 2 is 1.04 bits per heavy atom. The molecule has 0 N–H and O–H groups in total. The molecule has 0 aromatic heterocycles. The van der Waals surface area contributed by atoms with Gasteiger partial charge in [-0.25, -0.2) is 0 Å². The maximum absolute atomic E-state index is 6.69. The third-order valence-corrected chi connectivity index (χ3v) is 11.0. The zero-order valence-electron chi connectivity index (χ0n) is 15.4. The van der Waals surface area contributed by atoms with E-state index >= 15 is 0 Å². The molecule has 4 aromatic carbocycles. The van der Waals surface area contributed by atoms with Crippen LogP contribution in [0, 0.1) is 0 Å². The average molecular weight is 468 g/mol. The fourth-order valence-corrected chi connectivity index (χ4v) is 9.55. The van der Waals surface area contributed by atoms with Crippen LogP contribution < -0.4 is 15.9 Å². The van der Waals surface area contributed by atoms with E-state index in [-0.39, 0.29) is 0 Å². The maximum atomic E-state index is 6.69. The van der Waals surface area contributed by atoms with Crippen LogP contribution in [0.1, 0.15) is 5.56 Å². The molecule has 0 atom stereocenters. The van der Waals surface area contributed by atoms with Crippen LogP contribution in [-0.4, -0.2) is 0 Å². The number of rotatable bonds is 5. The number of halogens is 2. The first-order chi connectivity index (χ1) is 13.7. The molecule has 0 nitrogen and oxygen atoms in total. The van der Waals surface area contributed by atoms with E-state index < -0.39 is 7.26 Å². The topological polar surface area (TPSA) is 0 Å². The van der Waals surface area contributed by atoms with Crippen molar-refractivity contribution in [2.24, 2.45) is 0 Å². The Bertz CT molecular complexity index is 953. The summed E-state index contributed by atoms with van der Waals surface area (Å²) in [6.07, 6.45) is 0.914. The van der Waals surface area contributed by atoms with E-state index in [1.165, 1.54) is 21.5 Å². The first-order valence-corrected chi connectivity index (χ1v) is 12.7. The summed E-state index contributed by atoms with van der Waals surface area (Å²) < 4.78 is 1.01. The molecule has 4 rings (SSSR count). The van der Waals surface area contributed by atoms with Crippen LogP contribution in [0.2, 0.25) is 5.02 Å². The van der Waals surface area contributed by atoms with Gasteiger partial charge in [0.15, 0.2) is 0 Å². The number of hydrogen-bond acceptors (Lipinski definition) is 0. The van der Waals surface area contributed by atoms with Crippen molar-refractivity contribution in [1.82, 2.24) is 0 Å². The molecule has 0 amide bonds. The monoisotopic (exact) mass is 466 g/mol. The van der Waals surface area contributed by atoms with Crippen LogP contribution in [0.5, 0.6) is 0 Å².